The van der Waals surface area contributed by atoms with Crippen molar-refractivity contribution >= 4 is 17.3 Å². The summed E-state index contributed by atoms with van der Waals surface area (Å²) in [5.41, 5.74) is 1.62. The van der Waals surface area contributed by atoms with Gasteiger partial charge in [-0.3, -0.25) is 10.1 Å². The summed E-state index contributed by atoms with van der Waals surface area (Å²) in [5.74, 6) is -0.993. The quantitative estimate of drug-likeness (QED) is 0.629. The summed E-state index contributed by atoms with van der Waals surface area (Å²) in [7, 11) is 0. The van der Waals surface area contributed by atoms with Gasteiger partial charge in [0.05, 0.1) is 10.5 Å². The van der Waals surface area contributed by atoms with Gasteiger partial charge in [0.25, 0.3) is 5.69 Å². The average molecular weight is 300 g/mol. The summed E-state index contributed by atoms with van der Waals surface area (Å²) < 4.78 is 0. The Bertz CT molecular complexity index is 700. The number of carboxylic acid groups (broad SMARTS) is 1. The largest absolute Gasteiger partial charge is 0.478 e. The standard InChI is InChI=1S/C16H16N2O4/c1-11(12-5-4-6-13(9-12)18(21)22)10-17-15-8-3-2-7-14(15)16(19)20/h2-9,11,17H,10H2,1H3,(H,19,20). The zero-order valence-corrected chi connectivity index (χ0v) is 12.0. The molecule has 0 saturated carbocycles. The van der Waals surface area contributed by atoms with E-state index in [-0.39, 0.29) is 17.2 Å². The molecule has 2 rings (SSSR count). The number of nitro groups is 1. The summed E-state index contributed by atoms with van der Waals surface area (Å²) in [6.45, 7) is 2.40. The van der Waals surface area contributed by atoms with Crippen LogP contribution < -0.4 is 5.32 Å². The maximum Gasteiger partial charge on any atom is 0.337 e. The van der Waals surface area contributed by atoms with Gasteiger partial charge in [-0.05, 0) is 23.6 Å². The predicted octanol–water partition coefficient (Wildman–Crippen LogP) is 3.51. The SMILES string of the molecule is CC(CNc1ccccc1C(=O)O)c1cccc([N+](=O)[O-])c1. The Morgan fingerprint density at radius 3 is 2.68 bits per heavy atom. The molecule has 0 aliphatic carbocycles. The molecule has 0 aliphatic rings. The number of benzene rings is 2. The number of carbonyl (C=O) groups is 1. The fourth-order valence-corrected chi connectivity index (χ4v) is 2.15. The number of carboxylic acids is 1. The lowest BCUT2D eigenvalue weighted by Gasteiger charge is -2.15. The lowest BCUT2D eigenvalue weighted by atomic mass is 10.0. The number of hydrogen-bond acceptors (Lipinski definition) is 4. The molecule has 0 saturated heterocycles. The highest BCUT2D eigenvalue weighted by Crippen LogP contribution is 2.22. The summed E-state index contributed by atoms with van der Waals surface area (Å²) in [5, 5.41) is 23.0. The molecule has 114 valence electrons. The Morgan fingerprint density at radius 2 is 2.00 bits per heavy atom. The smallest absolute Gasteiger partial charge is 0.337 e. The molecule has 0 radical (unpaired) electrons. The Hall–Kier alpha value is -2.89. The summed E-state index contributed by atoms with van der Waals surface area (Å²) in [6.07, 6.45) is 0. The van der Waals surface area contributed by atoms with Gasteiger partial charge in [-0.2, -0.15) is 0 Å². The average Bonchev–Trinajstić information content (AvgIpc) is 2.52. The van der Waals surface area contributed by atoms with E-state index in [1.165, 1.54) is 18.2 Å². The third-order valence-electron chi connectivity index (χ3n) is 3.41. The Morgan fingerprint density at radius 1 is 1.27 bits per heavy atom. The number of rotatable bonds is 6. The van der Waals surface area contributed by atoms with Gasteiger partial charge in [-0.25, -0.2) is 4.79 Å². The lowest BCUT2D eigenvalue weighted by Crippen LogP contribution is -2.12. The molecule has 6 heteroatoms. The van der Waals surface area contributed by atoms with Crippen LogP contribution in [0.3, 0.4) is 0 Å². The van der Waals surface area contributed by atoms with Gasteiger partial charge in [-0.15, -0.1) is 0 Å². The van der Waals surface area contributed by atoms with E-state index >= 15 is 0 Å². The molecule has 22 heavy (non-hydrogen) atoms. The van der Waals surface area contributed by atoms with Crippen LogP contribution in [-0.2, 0) is 0 Å². The van der Waals surface area contributed by atoms with Gasteiger partial charge in [0.2, 0.25) is 0 Å². The maximum absolute atomic E-state index is 11.1. The number of non-ortho nitro benzene ring substituents is 1. The van der Waals surface area contributed by atoms with Crippen LogP contribution >= 0.6 is 0 Å². The fraction of sp³-hybridized carbons (Fsp3) is 0.188. The molecule has 0 bridgehead atoms. The highest BCUT2D eigenvalue weighted by Gasteiger charge is 2.13. The predicted molar refractivity (Wildman–Crippen MR) is 83.4 cm³/mol. The molecule has 0 fully saturated rings. The van der Waals surface area contributed by atoms with Crippen molar-refractivity contribution < 1.29 is 14.8 Å². The van der Waals surface area contributed by atoms with Gasteiger partial charge < -0.3 is 10.4 Å². The maximum atomic E-state index is 11.1. The third kappa shape index (κ3) is 3.60. The van der Waals surface area contributed by atoms with Crippen LogP contribution in [0.1, 0.15) is 28.8 Å². The molecule has 0 amide bonds. The topological polar surface area (TPSA) is 92.5 Å². The number of anilines is 1. The fourth-order valence-electron chi connectivity index (χ4n) is 2.15. The van der Waals surface area contributed by atoms with Crippen LogP contribution in [0.5, 0.6) is 0 Å². The van der Waals surface area contributed by atoms with Crippen LogP contribution in [0, 0.1) is 10.1 Å². The van der Waals surface area contributed by atoms with Crippen molar-refractivity contribution in [2.24, 2.45) is 0 Å². The van der Waals surface area contributed by atoms with E-state index in [2.05, 4.69) is 5.32 Å². The first kappa shape index (κ1) is 15.5. The molecule has 2 aromatic carbocycles. The number of para-hydroxylation sites is 1. The minimum absolute atomic E-state index is 0.00162. The molecule has 1 atom stereocenters. The van der Waals surface area contributed by atoms with E-state index in [1.54, 1.807) is 24.3 Å². The van der Waals surface area contributed by atoms with E-state index in [9.17, 15) is 14.9 Å². The second-order valence-electron chi connectivity index (χ2n) is 4.98. The van der Waals surface area contributed by atoms with Crippen LogP contribution in [0.25, 0.3) is 0 Å². The normalized spacial score (nSPS) is 11.7. The highest BCUT2D eigenvalue weighted by molar-refractivity contribution is 5.94. The molecule has 0 aliphatic heterocycles. The van der Waals surface area contributed by atoms with Crippen LogP contribution in [0.15, 0.2) is 48.5 Å². The molecule has 1 unspecified atom stereocenters. The summed E-state index contributed by atoms with van der Waals surface area (Å²) in [4.78, 5) is 21.5. The molecule has 2 N–H and O–H groups in total. The first-order chi connectivity index (χ1) is 10.5. The molecule has 6 nitrogen and oxygen atoms in total. The monoisotopic (exact) mass is 300 g/mol. The van der Waals surface area contributed by atoms with Crippen LogP contribution in [-0.4, -0.2) is 22.5 Å². The van der Waals surface area contributed by atoms with E-state index in [0.717, 1.165) is 5.56 Å². The van der Waals surface area contributed by atoms with Gasteiger partial charge in [0.1, 0.15) is 0 Å². The van der Waals surface area contributed by atoms with Crippen LogP contribution in [0.2, 0.25) is 0 Å². The van der Waals surface area contributed by atoms with Crippen molar-refractivity contribution in [1.29, 1.82) is 0 Å². The molecule has 0 spiro atoms. The second kappa shape index (κ2) is 6.71. The number of aromatic carboxylic acids is 1. The van der Waals surface area contributed by atoms with Crippen LogP contribution in [0.4, 0.5) is 11.4 Å². The molecular weight excluding hydrogens is 284 g/mol. The van der Waals surface area contributed by atoms with Crippen molar-refractivity contribution in [3.05, 3.63) is 69.8 Å². The highest BCUT2D eigenvalue weighted by atomic mass is 16.6. The Kier molecular flexibility index (Phi) is 4.73. The number of nitro benzene ring substituents is 1. The van der Waals surface area contributed by atoms with Gasteiger partial charge >= 0.3 is 5.97 Å². The molecule has 0 heterocycles. The lowest BCUT2D eigenvalue weighted by molar-refractivity contribution is -0.384. The van der Waals surface area contributed by atoms with Gasteiger partial charge in [0.15, 0.2) is 0 Å². The number of nitrogens with zero attached hydrogens (tertiary/aromatic N) is 1. The first-order valence-corrected chi connectivity index (χ1v) is 6.79. The van der Waals surface area contributed by atoms with Crippen molar-refractivity contribution in [3.8, 4) is 0 Å². The van der Waals surface area contributed by atoms with Gasteiger partial charge in [-0.1, -0.05) is 31.2 Å². The number of nitrogens with one attached hydrogen (secondary N) is 1. The second-order valence-corrected chi connectivity index (χ2v) is 4.98. The van der Waals surface area contributed by atoms with Gasteiger partial charge in [0, 0.05) is 24.4 Å². The minimum atomic E-state index is -0.994. The third-order valence-corrected chi connectivity index (χ3v) is 3.41. The van der Waals surface area contributed by atoms with Crippen molar-refractivity contribution in [2.75, 3.05) is 11.9 Å². The Balaban J connectivity index is 2.10. The Labute approximate surface area is 127 Å². The zero-order valence-electron chi connectivity index (χ0n) is 12.0. The summed E-state index contributed by atoms with van der Waals surface area (Å²) in [6, 6.07) is 13.1. The van der Waals surface area contributed by atoms with Crippen molar-refractivity contribution in [3.63, 3.8) is 0 Å². The molecule has 2 aromatic rings. The van der Waals surface area contributed by atoms with Crippen molar-refractivity contribution in [1.82, 2.24) is 0 Å². The number of hydrogen-bond donors (Lipinski definition) is 2. The van der Waals surface area contributed by atoms with E-state index in [4.69, 9.17) is 5.11 Å². The summed E-state index contributed by atoms with van der Waals surface area (Å²) >= 11 is 0. The molecule has 0 aromatic heterocycles. The van der Waals surface area contributed by atoms with E-state index < -0.39 is 10.9 Å². The first-order valence-electron chi connectivity index (χ1n) is 6.79. The van der Waals surface area contributed by atoms with Crippen molar-refractivity contribution in [2.45, 2.75) is 12.8 Å². The van der Waals surface area contributed by atoms with E-state index in [0.29, 0.717) is 12.2 Å². The zero-order chi connectivity index (χ0) is 16.1. The van der Waals surface area contributed by atoms with E-state index in [1.807, 2.05) is 13.0 Å². The minimum Gasteiger partial charge on any atom is -0.478 e. The molecular formula is C16H16N2O4.